The van der Waals surface area contributed by atoms with Crippen LogP contribution in [-0.2, 0) is 26.6 Å². The topological polar surface area (TPSA) is 46.5 Å². The van der Waals surface area contributed by atoms with Crippen molar-refractivity contribution in [3.63, 3.8) is 0 Å². The number of ether oxygens (including phenoxy) is 1. The third-order valence-corrected chi connectivity index (χ3v) is 1.58. The van der Waals surface area contributed by atoms with Gasteiger partial charge in [0, 0.05) is 36.7 Å². The average Bonchev–Trinajstić information content (AvgIpc) is 2.03. The van der Waals surface area contributed by atoms with Crippen LogP contribution in [0, 0.1) is 0 Å². The molecule has 4 heteroatoms. The molecule has 0 rings (SSSR count). The molecule has 77 valence electrons. The molecule has 0 heterocycles. The first-order valence-corrected chi connectivity index (χ1v) is 4.08. The van der Waals surface area contributed by atoms with Crippen molar-refractivity contribution in [2.75, 3.05) is 7.11 Å². The molecule has 1 unspecified atom stereocenters. The van der Waals surface area contributed by atoms with Gasteiger partial charge in [0.2, 0.25) is 0 Å². The first-order chi connectivity index (χ1) is 5.61. The van der Waals surface area contributed by atoms with Crippen LogP contribution in [0.5, 0.6) is 0 Å². The van der Waals surface area contributed by atoms with E-state index in [4.69, 9.17) is 4.74 Å². The molecule has 0 aromatic rings. The number of aliphatic hydroxyl groups excluding tert-OH is 1. The molecular formula is C9H16MnO3. The quantitative estimate of drug-likeness (QED) is 0.442. The van der Waals surface area contributed by atoms with Crippen LogP contribution < -0.4 is 0 Å². The average molecular weight is 227 g/mol. The third kappa shape index (κ3) is 6.82. The maximum absolute atomic E-state index is 11.0. The first-order valence-electron chi connectivity index (χ1n) is 4.08. The molecule has 1 N–H and O–H groups in total. The van der Waals surface area contributed by atoms with Gasteiger partial charge in [-0.15, -0.1) is 0 Å². The number of carbonyl (C=O) groups excluding carboxylic acids is 1. The summed E-state index contributed by atoms with van der Waals surface area (Å²) in [6.45, 7) is 3.60. The van der Waals surface area contributed by atoms with Crippen LogP contribution in [0.25, 0.3) is 0 Å². The summed E-state index contributed by atoms with van der Waals surface area (Å²) in [5, 5.41) is 9.23. The fraction of sp³-hybridized carbons (Fsp3) is 0.667. The Hall–Kier alpha value is -0.311. The minimum atomic E-state index is -0.397. The second kappa shape index (κ2) is 8.30. The number of hydrogen-bond donors (Lipinski definition) is 1. The second-order valence-corrected chi connectivity index (χ2v) is 2.66. The van der Waals surface area contributed by atoms with Crippen LogP contribution in [0.4, 0.5) is 0 Å². The SMILES string of the molecule is CCCC(=O)/C=C(\O)C(C)OC.[Mn]. The summed E-state index contributed by atoms with van der Waals surface area (Å²) in [6.07, 6.45) is 2.10. The van der Waals surface area contributed by atoms with E-state index in [0.717, 1.165) is 6.42 Å². The Morgan fingerprint density at radius 2 is 2.15 bits per heavy atom. The zero-order valence-electron chi connectivity index (χ0n) is 8.21. The molecular weight excluding hydrogens is 211 g/mol. The van der Waals surface area contributed by atoms with Crippen LogP contribution in [-0.4, -0.2) is 24.1 Å². The number of rotatable bonds is 5. The predicted octanol–water partition coefficient (Wildman–Crippen LogP) is 1.83. The Balaban J connectivity index is 0. The fourth-order valence-corrected chi connectivity index (χ4v) is 0.722. The van der Waals surface area contributed by atoms with Gasteiger partial charge in [-0.3, -0.25) is 4.79 Å². The normalized spacial score (nSPS) is 13.3. The van der Waals surface area contributed by atoms with Crippen LogP contribution >= 0.6 is 0 Å². The van der Waals surface area contributed by atoms with Gasteiger partial charge in [0.15, 0.2) is 5.78 Å². The van der Waals surface area contributed by atoms with E-state index in [1.165, 1.54) is 13.2 Å². The Bertz CT molecular complexity index is 178. The molecule has 0 aliphatic carbocycles. The fourth-order valence-electron chi connectivity index (χ4n) is 0.722. The van der Waals surface area contributed by atoms with E-state index in [2.05, 4.69) is 0 Å². The van der Waals surface area contributed by atoms with E-state index >= 15 is 0 Å². The molecule has 0 bridgehead atoms. The molecule has 0 aromatic heterocycles. The van der Waals surface area contributed by atoms with Crippen molar-refractivity contribution in [3.8, 4) is 0 Å². The van der Waals surface area contributed by atoms with E-state index in [0.29, 0.717) is 6.42 Å². The summed E-state index contributed by atoms with van der Waals surface area (Å²) in [5.41, 5.74) is 0. The molecule has 0 saturated carbocycles. The monoisotopic (exact) mass is 227 g/mol. The van der Waals surface area contributed by atoms with Crippen molar-refractivity contribution in [1.82, 2.24) is 0 Å². The molecule has 0 saturated heterocycles. The van der Waals surface area contributed by atoms with Crippen molar-refractivity contribution in [2.24, 2.45) is 0 Å². The van der Waals surface area contributed by atoms with E-state index in [-0.39, 0.29) is 28.6 Å². The molecule has 13 heavy (non-hydrogen) atoms. The molecule has 0 aliphatic heterocycles. The van der Waals surface area contributed by atoms with Gasteiger partial charge in [-0.1, -0.05) is 6.92 Å². The van der Waals surface area contributed by atoms with Crippen molar-refractivity contribution < 1.29 is 31.7 Å². The van der Waals surface area contributed by atoms with Crippen LogP contribution in [0.15, 0.2) is 11.8 Å². The number of methoxy groups -OCH3 is 1. The van der Waals surface area contributed by atoms with Gasteiger partial charge < -0.3 is 9.84 Å². The molecule has 0 fully saturated rings. The summed E-state index contributed by atoms with van der Waals surface area (Å²) in [6, 6.07) is 0. The third-order valence-electron chi connectivity index (χ3n) is 1.58. The zero-order valence-corrected chi connectivity index (χ0v) is 9.39. The number of hydrogen-bond acceptors (Lipinski definition) is 3. The molecule has 3 nitrogen and oxygen atoms in total. The Morgan fingerprint density at radius 1 is 1.62 bits per heavy atom. The second-order valence-electron chi connectivity index (χ2n) is 2.66. The van der Waals surface area contributed by atoms with E-state index in [1.807, 2.05) is 6.92 Å². The molecule has 0 aliphatic rings. The number of aliphatic hydroxyl groups is 1. The van der Waals surface area contributed by atoms with Gasteiger partial charge in [0.1, 0.15) is 11.9 Å². The zero-order chi connectivity index (χ0) is 9.56. The summed E-state index contributed by atoms with van der Waals surface area (Å²) < 4.78 is 4.82. The largest absolute Gasteiger partial charge is 0.509 e. The first kappa shape index (κ1) is 15.2. The van der Waals surface area contributed by atoms with Gasteiger partial charge in [-0.25, -0.2) is 0 Å². The van der Waals surface area contributed by atoms with Crippen molar-refractivity contribution >= 4 is 5.78 Å². The van der Waals surface area contributed by atoms with Crippen molar-refractivity contribution in [1.29, 1.82) is 0 Å². The van der Waals surface area contributed by atoms with Gasteiger partial charge in [0.05, 0.1) is 0 Å². The molecule has 1 radical (unpaired) electrons. The smallest absolute Gasteiger partial charge is 0.159 e. The minimum Gasteiger partial charge on any atom is -0.509 e. The van der Waals surface area contributed by atoms with Crippen LogP contribution in [0.1, 0.15) is 26.7 Å². The Kier molecular flexibility index (Phi) is 9.68. The van der Waals surface area contributed by atoms with Gasteiger partial charge in [-0.2, -0.15) is 0 Å². The summed E-state index contributed by atoms with van der Waals surface area (Å²) in [7, 11) is 1.49. The van der Waals surface area contributed by atoms with Gasteiger partial charge >= 0.3 is 0 Å². The molecule has 0 spiro atoms. The maximum Gasteiger partial charge on any atom is 0.159 e. The predicted molar refractivity (Wildman–Crippen MR) is 47.1 cm³/mol. The van der Waals surface area contributed by atoms with E-state index in [1.54, 1.807) is 6.92 Å². The van der Waals surface area contributed by atoms with E-state index < -0.39 is 6.10 Å². The number of allylic oxidation sites excluding steroid dienone is 1. The Labute approximate surface area is 89.6 Å². The number of ketones is 1. The number of carbonyl (C=O) groups is 1. The summed E-state index contributed by atoms with van der Waals surface area (Å²) >= 11 is 0. The summed E-state index contributed by atoms with van der Waals surface area (Å²) in [4.78, 5) is 11.0. The molecule has 1 atom stereocenters. The van der Waals surface area contributed by atoms with Crippen LogP contribution in [0.3, 0.4) is 0 Å². The standard InChI is InChI=1S/C9H16O3.Mn/c1-4-5-8(10)6-9(11)7(2)12-3;/h6-7,11H,4-5H2,1-3H3;/b9-6-;. The molecule has 0 aromatic carbocycles. The maximum atomic E-state index is 11.0. The van der Waals surface area contributed by atoms with Gasteiger partial charge in [-0.05, 0) is 13.3 Å². The summed E-state index contributed by atoms with van der Waals surface area (Å²) in [5.74, 6) is -0.0603. The van der Waals surface area contributed by atoms with Crippen molar-refractivity contribution in [2.45, 2.75) is 32.8 Å². The Morgan fingerprint density at radius 3 is 2.54 bits per heavy atom. The molecule has 0 amide bonds. The van der Waals surface area contributed by atoms with Gasteiger partial charge in [0.25, 0.3) is 0 Å². The van der Waals surface area contributed by atoms with Crippen LogP contribution in [0.2, 0.25) is 0 Å². The minimum absolute atomic E-state index is 0. The van der Waals surface area contributed by atoms with Crippen molar-refractivity contribution in [3.05, 3.63) is 11.8 Å². The van der Waals surface area contributed by atoms with E-state index in [9.17, 15) is 9.90 Å².